The van der Waals surface area contributed by atoms with Crippen LogP contribution in [0.5, 0.6) is 0 Å². The molecule has 6 heteroatoms. The zero-order valence-corrected chi connectivity index (χ0v) is 11.4. The first-order valence-electron chi connectivity index (χ1n) is 5.87. The van der Waals surface area contributed by atoms with E-state index in [-0.39, 0.29) is 24.1 Å². The summed E-state index contributed by atoms with van der Waals surface area (Å²) >= 11 is 0. The topological polar surface area (TPSA) is 69.7 Å². The number of sulfone groups is 1. The molecule has 0 radical (unpaired) electrons. The molecule has 5 nitrogen and oxygen atoms in total. The van der Waals surface area contributed by atoms with Gasteiger partial charge in [0.15, 0.2) is 9.84 Å². The molecule has 0 fully saturated rings. The van der Waals surface area contributed by atoms with Crippen LogP contribution in [0.2, 0.25) is 0 Å². The average molecular weight is 266 g/mol. The number of unbranched alkanes of at least 4 members (excludes halogenated alkanes) is 2. The maximum atomic E-state index is 11.4. The fraction of sp³-hybridized carbons (Fsp3) is 0.909. The second kappa shape index (κ2) is 9.41. The lowest BCUT2D eigenvalue weighted by atomic mass is 10.2. The molecule has 0 aromatic carbocycles. The average Bonchev–Trinajstić information content (AvgIpc) is 2.26. The number of carbonyl (C=O) groups excluding carboxylic acids is 1. The molecule has 0 saturated carbocycles. The summed E-state index contributed by atoms with van der Waals surface area (Å²) < 4.78 is 32.3. The number of hydrogen-bond acceptors (Lipinski definition) is 5. The Bertz CT molecular complexity index is 297. The summed E-state index contributed by atoms with van der Waals surface area (Å²) in [6.45, 7) is 2.40. The minimum atomic E-state index is -3.00. The summed E-state index contributed by atoms with van der Waals surface area (Å²) in [6, 6.07) is 0. The Kier molecular flexibility index (Phi) is 9.07. The van der Waals surface area contributed by atoms with Crippen molar-refractivity contribution < 1.29 is 22.7 Å². The summed E-state index contributed by atoms with van der Waals surface area (Å²) in [5, 5.41) is 0. The predicted octanol–water partition coefficient (Wildman–Crippen LogP) is 1.17. The Balaban J connectivity index is 3.54. The zero-order chi connectivity index (χ0) is 13.1. The Morgan fingerprint density at radius 1 is 1.12 bits per heavy atom. The number of esters is 1. The predicted molar refractivity (Wildman–Crippen MR) is 65.6 cm³/mol. The third kappa shape index (κ3) is 10.3. The number of methoxy groups -OCH3 is 1. The monoisotopic (exact) mass is 266 g/mol. The van der Waals surface area contributed by atoms with Gasteiger partial charge in [-0.05, 0) is 19.8 Å². The van der Waals surface area contributed by atoms with E-state index in [1.54, 1.807) is 6.92 Å². The SMILES string of the molecule is CCOC(=O)CCCCCS(=O)(=O)CCOC. The van der Waals surface area contributed by atoms with Crippen molar-refractivity contribution >= 4 is 15.8 Å². The Hall–Kier alpha value is -0.620. The molecule has 102 valence electrons. The first-order valence-corrected chi connectivity index (χ1v) is 7.69. The summed E-state index contributed by atoms with van der Waals surface area (Å²) in [5.41, 5.74) is 0. The van der Waals surface area contributed by atoms with Crippen LogP contribution < -0.4 is 0 Å². The van der Waals surface area contributed by atoms with Gasteiger partial charge < -0.3 is 9.47 Å². The summed E-state index contributed by atoms with van der Waals surface area (Å²) in [4.78, 5) is 11.0. The van der Waals surface area contributed by atoms with Crippen LogP contribution in [0.15, 0.2) is 0 Å². The van der Waals surface area contributed by atoms with E-state index in [1.807, 2.05) is 0 Å². The highest BCUT2D eigenvalue weighted by Gasteiger charge is 2.10. The molecule has 0 aromatic heterocycles. The molecular formula is C11H22O5S. The highest BCUT2D eigenvalue weighted by atomic mass is 32.2. The second-order valence-corrected chi connectivity index (χ2v) is 6.06. The lowest BCUT2D eigenvalue weighted by Crippen LogP contribution is -2.15. The molecule has 0 aliphatic carbocycles. The fourth-order valence-electron chi connectivity index (χ4n) is 1.31. The summed E-state index contributed by atoms with van der Waals surface area (Å²) in [5.74, 6) is 0.0235. The largest absolute Gasteiger partial charge is 0.466 e. The lowest BCUT2D eigenvalue weighted by molar-refractivity contribution is -0.143. The van der Waals surface area contributed by atoms with Crippen LogP contribution in [0, 0.1) is 0 Å². The number of hydrogen-bond donors (Lipinski definition) is 0. The van der Waals surface area contributed by atoms with Gasteiger partial charge in [0.05, 0.1) is 24.7 Å². The van der Waals surface area contributed by atoms with Crippen molar-refractivity contribution in [1.82, 2.24) is 0 Å². The van der Waals surface area contributed by atoms with Gasteiger partial charge in [-0.3, -0.25) is 4.79 Å². The highest BCUT2D eigenvalue weighted by molar-refractivity contribution is 7.91. The third-order valence-corrected chi connectivity index (χ3v) is 3.94. The van der Waals surface area contributed by atoms with Crippen LogP contribution in [0.25, 0.3) is 0 Å². The van der Waals surface area contributed by atoms with Gasteiger partial charge in [0, 0.05) is 13.5 Å². The molecule has 0 aromatic rings. The maximum Gasteiger partial charge on any atom is 0.305 e. The first-order chi connectivity index (χ1) is 8.02. The van der Waals surface area contributed by atoms with Crippen LogP contribution in [-0.4, -0.2) is 46.2 Å². The maximum absolute atomic E-state index is 11.4. The van der Waals surface area contributed by atoms with Gasteiger partial charge in [0.2, 0.25) is 0 Å². The van der Waals surface area contributed by atoms with Crippen molar-refractivity contribution in [2.24, 2.45) is 0 Å². The molecule has 0 heterocycles. The molecule has 0 bridgehead atoms. The van der Waals surface area contributed by atoms with Crippen molar-refractivity contribution in [3.8, 4) is 0 Å². The molecule has 17 heavy (non-hydrogen) atoms. The van der Waals surface area contributed by atoms with Crippen molar-refractivity contribution in [2.75, 3.05) is 31.8 Å². The Morgan fingerprint density at radius 2 is 1.82 bits per heavy atom. The molecule has 0 N–H and O–H groups in total. The highest BCUT2D eigenvalue weighted by Crippen LogP contribution is 2.04. The van der Waals surface area contributed by atoms with Crippen LogP contribution in [0.1, 0.15) is 32.6 Å². The standard InChI is InChI=1S/C11H22O5S/c1-3-16-11(12)7-5-4-6-9-17(13,14)10-8-15-2/h3-10H2,1-2H3. The fourth-order valence-corrected chi connectivity index (χ4v) is 2.58. The minimum Gasteiger partial charge on any atom is -0.466 e. The summed E-state index contributed by atoms with van der Waals surface area (Å²) in [6.07, 6.45) is 2.36. The molecule has 0 aliphatic heterocycles. The number of ether oxygens (including phenoxy) is 2. The lowest BCUT2D eigenvalue weighted by Gasteiger charge is -2.04. The molecular weight excluding hydrogens is 244 g/mol. The number of rotatable bonds is 10. The molecule has 0 atom stereocenters. The van der Waals surface area contributed by atoms with E-state index in [0.717, 1.165) is 6.42 Å². The van der Waals surface area contributed by atoms with Gasteiger partial charge in [0.25, 0.3) is 0 Å². The van der Waals surface area contributed by atoms with Crippen LogP contribution in [-0.2, 0) is 24.1 Å². The van der Waals surface area contributed by atoms with Gasteiger partial charge in [-0.15, -0.1) is 0 Å². The van der Waals surface area contributed by atoms with Crippen LogP contribution in [0.4, 0.5) is 0 Å². The molecule has 0 saturated heterocycles. The van der Waals surface area contributed by atoms with E-state index >= 15 is 0 Å². The molecule has 0 aliphatic rings. The molecule has 0 amide bonds. The first kappa shape index (κ1) is 16.4. The normalized spacial score (nSPS) is 11.4. The van der Waals surface area contributed by atoms with Crippen LogP contribution >= 0.6 is 0 Å². The second-order valence-electron chi connectivity index (χ2n) is 3.76. The smallest absolute Gasteiger partial charge is 0.305 e. The van der Waals surface area contributed by atoms with Gasteiger partial charge in [-0.1, -0.05) is 6.42 Å². The number of carbonyl (C=O) groups is 1. The zero-order valence-electron chi connectivity index (χ0n) is 10.6. The summed E-state index contributed by atoms with van der Waals surface area (Å²) in [7, 11) is -1.51. The third-order valence-electron chi connectivity index (χ3n) is 2.24. The Morgan fingerprint density at radius 3 is 2.41 bits per heavy atom. The van der Waals surface area contributed by atoms with E-state index in [9.17, 15) is 13.2 Å². The van der Waals surface area contributed by atoms with Crippen molar-refractivity contribution in [1.29, 1.82) is 0 Å². The van der Waals surface area contributed by atoms with Gasteiger partial charge in [-0.2, -0.15) is 0 Å². The van der Waals surface area contributed by atoms with Gasteiger partial charge in [-0.25, -0.2) is 8.42 Å². The Labute approximate surface area is 103 Å². The van der Waals surface area contributed by atoms with E-state index in [4.69, 9.17) is 9.47 Å². The van der Waals surface area contributed by atoms with E-state index in [1.165, 1.54) is 7.11 Å². The van der Waals surface area contributed by atoms with Gasteiger partial charge >= 0.3 is 5.97 Å². The molecule has 0 spiro atoms. The molecule has 0 unspecified atom stereocenters. The van der Waals surface area contributed by atoms with Crippen molar-refractivity contribution in [3.63, 3.8) is 0 Å². The van der Waals surface area contributed by atoms with Crippen molar-refractivity contribution in [3.05, 3.63) is 0 Å². The van der Waals surface area contributed by atoms with Crippen LogP contribution in [0.3, 0.4) is 0 Å². The van der Waals surface area contributed by atoms with E-state index in [2.05, 4.69) is 0 Å². The van der Waals surface area contributed by atoms with E-state index < -0.39 is 9.84 Å². The van der Waals surface area contributed by atoms with Crippen molar-refractivity contribution in [2.45, 2.75) is 32.6 Å². The molecule has 0 rings (SSSR count). The quantitative estimate of drug-likeness (QED) is 0.438. The minimum absolute atomic E-state index is 0.0708. The van der Waals surface area contributed by atoms with E-state index in [0.29, 0.717) is 25.9 Å². The van der Waals surface area contributed by atoms with Gasteiger partial charge in [0.1, 0.15) is 0 Å².